The van der Waals surface area contributed by atoms with Crippen molar-refractivity contribution >= 4 is 28.5 Å². The van der Waals surface area contributed by atoms with Gasteiger partial charge in [-0.25, -0.2) is 9.97 Å². The fourth-order valence-corrected chi connectivity index (χ4v) is 4.48. The fraction of sp³-hybridized carbons (Fsp3) is 0.524. The van der Waals surface area contributed by atoms with Gasteiger partial charge in [0.25, 0.3) is 0 Å². The quantitative estimate of drug-likeness (QED) is 0.599. The van der Waals surface area contributed by atoms with Gasteiger partial charge in [-0.1, -0.05) is 6.92 Å². The van der Waals surface area contributed by atoms with Crippen LogP contribution in [0.15, 0.2) is 18.3 Å². The van der Waals surface area contributed by atoms with Gasteiger partial charge in [-0.3, -0.25) is 10.1 Å². The van der Waals surface area contributed by atoms with E-state index < -0.39 is 0 Å². The van der Waals surface area contributed by atoms with Crippen LogP contribution in [0.4, 0.5) is 17.3 Å². The second-order valence-electron chi connectivity index (χ2n) is 8.62. The summed E-state index contributed by atoms with van der Waals surface area (Å²) < 4.78 is 0. The number of anilines is 3. The molecule has 0 radical (unpaired) electrons. The largest absolute Gasteiger partial charge is 0.390 e. The maximum absolute atomic E-state index is 10.1. The number of fused-ring (bicyclic) bond motifs is 2. The zero-order valence-electron chi connectivity index (χ0n) is 17.3. The molecule has 158 valence electrons. The number of aromatic amines is 1. The number of H-pyrrole nitrogens is 1. The van der Waals surface area contributed by atoms with Crippen LogP contribution in [0, 0.1) is 5.41 Å². The summed E-state index contributed by atoms with van der Waals surface area (Å²) in [6.45, 7) is 5.32. The van der Waals surface area contributed by atoms with Gasteiger partial charge in [-0.05, 0) is 49.8 Å². The minimum absolute atomic E-state index is 0.161. The van der Waals surface area contributed by atoms with Crippen molar-refractivity contribution in [2.75, 3.05) is 36.0 Å². The van der Waals surface area contributed by atoms with Gasteiger partial charge >= 0.3 is 0 Å². The van der Waals surface area contributed by atoms with Gasteiger partial charge in [-0.15, -0.1) is 0 Å². The van der Waals surface area contributed by atoms with E-state index in [-0.39, 0.29) is 12.0 Å². The number of aryl methyl sites for hydroxylation is 1. The molecule has 0 saturated carbocycles. The van der Waals surface area contributed by atoms with Crippen molar-refractivity contribution in [2.24, 2.45) is 11.1 Å². The summed E-state index contributed by atoms with van der Waals surface area (Å²) in [6.07, 6.45) is 5.79. The van der Waals surface area contributed by atoms with Crippen molar-refractivity contribution in [3.8, 4) is 0 Å². The third kappa shape index (κ3) is 3.18. The number of aromatic nitrogens is 5. The lowest BCUT2D eigenvalue weighted by Gasteiger charge is -2.39. The highest BCUT2D eigenvalue weighted by molar-refractivity contribution is 5.88. The number of piperidine rings is 1. The van der Waals surface area contributed by atoms with E-state index in [1.165, 1.54) is 0 Å². The Balaban J connectivity index is 1.51. The molecule has 0 unspecified atom stereocenters. The molecule has 0 aliphatic carbocycles. The van der Waals surface area contributed by atoms with Gasteiger partial charge in [0.15, 0.2) is 22.8 Å². The van der Waals surface area contributed by atoms with Crippen molar-refractivity contribution in [1.82, 2.24) is 25.1 Å². The first-order valence-corrected chi connectivity index (χ1v) is 10.6. The molecule has 5 rings (SSSR count). The zero-order chi connectivity index (χ0) is 20.7. The molecule has 1 fully saturated rings. The summed E-state index contributed by atoms with van der Waals surface area (Å²) >= 11 is 0. The normalized spacial score (nSPS) is 18.6. The molecular weight excluding hydrogens is 380 g/mol. The van der Waals surface area contributed by atoms with Crippen LogP contribution in [-0.2, 0) is 13.0 Å². The van der Waals surface area contributed by atoms with Crippen molar-refractivity contribution in [3.63, 3.8) is 0 Å². The van der Waals surface area contributed by atoms with Gasteiger partial charge in [0.2, 0.25) is 0 Å². The lowest BCUT2D eigenvalue weighted by molar-refractivity contribution is 0.254. The van der Waals surface area contributed by atoms with Gasteiger partial charge in [0.1, 0.15) is 5.69 Å². The molecule has 0 spiro atoms. The molecule has 1 saturated heterocycles. The molecule has 2 aliphatic rings. The predicted octanol–water partition coefficient (Wildman–Crippen LogP) is 1.89. The SMILES string of the molecule is CC1(CN)CCN(c2nc3[nH]nc(N4CCCc5ncccc54)c3nc2CO)CC1. The highest BCUT2D eigenvalue weighted by atomic mass is 16.3. The van der Waals surface area contributed by atoms with Crippen LogP contribution in [0.1, 0.15) is 37.6 Å². The van der Waals surface area contributed by atoms with Crippen molar-refractivity contribution in [2.45, 2.75) is 39.2 Å². The summed E-state index contributed by atoms with van der Waals surface area (Å²) in [6, 6.07) is 4.01. The number of nitrogens with two attached hydrogens (primary N) is 1. The van der Waals surface area contributed by atoms with E-state index in [2.05, 4.69) is 38.0 Å². The number of pyridine rings is 1. The Bertz CT molecular complexity index is 1060. The standard InChI is InChI=1S/C21H28N8O/c1-21(13-22)6-10-28(11-7-21)19-15(12-30)24-17-18(25-19)26-27-20(17)29-9-3-4-14-16(29)5-2-8-23-14/h2,5,8,30H,3-4,6-7,9-13,22H2,1H3,(H,25,26,27). The molecule has 9 heteroatoms. The molecule has 4 N–H and O–H groups in total. The minimum Gasteiger partial charge on any atom is -0.390 e. The summed E-state index contributed by atoms with van der Waals surface area (Å²) in [4.78, 5) is 18.5. The van der Waals surface area contributed by atoms with E-state index in [0.717, 1.165) is 68.3 Å². The summed E-state index contributed by atoms with van der Waals surface area (Å²) in [5, 5.41) is 17.7. The minimum atomic E-state index is -0.161. The van der Waals surface area contributed by atoms with Crippen LogP contribution in [0.3, 0.4) is 0 Å². The monoisotopic (exact) mass is 408 g/mol. The van der Waals surface area contributed by atoms with E-state index in [9.17, 15) is 5.11 Å². The Hall–Kier alpha value is -2.78. The lowest BCUT2D eigenvalue weighted by Crippen LogP contribution is -2.43. The van der Waals surface area contributed by atoms with Gasteiger partial charge in [0.05, 0.1) is 18.0 Å². The Kier molecular flexibility index (Phi) is 4.79. The fourth-order valence-electron chi connectivity index (χ4n) is 4.48. The predicted molar refractivity (Wildman–Crippen MR) is 116 cm³/mol. The highest BCUT2D eigenvalue weighted by Crippen LogP contribution is 2.36. The molecule has 3 aromatic heterocycles. The average molecular weight is 409 g/mol. The van der Waals surface area contributed by atoms with Crippen LogP contribution in [0.5, 0.6) is 0 Å². The number of nitrogens with zero attached hydrogens (tertiary/aromatic N) is 6. The molecule has 0 aromatic carbocycles. The Morgan fingerprint density at radius 2 is 2.03 bits per heavy atom. The number of aliphatic hydroxyl groups excluding tert-OH is 1. The molecule has 3 aromatic rings. The first kappa shape index (κ1) is 19.2. The molecule has 0 amide bonds. The summed E-state index contributed by atoms with van der Waals surface area (Å²) in [7, 11) is 0. The van der Waals surface area contributed by atoms with Crippen molar-refractivity contribution in [1.29, 1.82) is 0 Å². The first-order valence-electron chi connectivity index (χ1n) is 10.6. The van der Waals surface area contributed by atoms with E-state index in [1.54, 1.807) is 0 Å². The molecule has 5 heterocycles. The third-order valence-electron chi connectivity index (χ3n) is 6.55. The summed E-state index contributed by atoms with van der Waals surface area (Å²) in [5.74, 6) is 1.47. The molecule has 30 heavy (non-hydrogen) atoms. The number of hydrogen-bond acceptors (Lipinski definition) is 8. The van der Waals surface area contributed by atoms with Crippen LogP contribution in [-0.4, -0.2) is 56.4 Å². The molecular formula is C21H28N8O. The second kappa shape index (κ2) is 7.48. The van der Waals surface area contributed by atoms with E-state index in [1.807, 2.05) is 12.3 Å². The Morgan fingerprint density at radius 3 is 2.80 bits per heavy atom. The maximum Gasteiger partial charge on any atom is 0.183 e. The van der Waals surface area contributed by atoms with Gasteiger partial charge < -0.3 is 20.6 Å². The van der Waals surface area contributed by atoms with E-state index in [4.69, 9.17) is 15.7 Å². The topological polar surface area (TPSA) is 120 Å². The third-order valence-corrected chi connectivity index (χ3v) is 6.55. The Labute approximate surface area is 175 Å². The van der Waals surface area contributed by atoms with Crippen LogP contribution in [0.25, 0.3) is 11.2 Å². The Morgan fingerprint density at radius 1 is 1.20 bits per heavy atom. The lowest BCUT2D eigenvalue weighted by atomic mass is 9.80. The molecule has 9 nitrogen and oxygen atoms in total. The van der Waals surface area contributed by atoms with E-state index >= 15 is 0 Å². The van der Waals surface area contributed by atoms with Crippen LogP contribution >= 0.6 is 0 Å². The molecule has 2 aliphatic heterocycles. The first-order chi connectivity index (χ1) is 14.6. The van der Waals surface area contributed by atoms with Crippen molar-refractivity contribution in [3.05, 3.63) is 29.7 Å². The highest BCUT2D eigenvalue weighted by Gasteiger charge is 2.31. The van der Waals surface area contributed by atoms with E-state index in [0.29, 0.717) is 23.4 Å². The van der Waals surface area contributed by atoms with Crippen molar-refractivity contribution < 1.29 is 5.11 Å². The number of rotatable bonds is 4. The second-order valence-corrected chi connectivity index (χ2v) is 8.62. The van der Waals surface area contributed by atoms with Gasteiger partial charge in [-0.2, -0.15) is 5.10 Å². The zero-order valence-corrected chi connectivity index (χ0v) is 17.3. The number of aliphatic hydroxyl groups is 1. The summed E-state index contributed by atoms with van der Waals surface area (Å²) in [5.41, 5.74) is 10.2. The smallest absolute Gasteiger partial charge is 0.183 e. The van der Waals surface area contributed by atoms with Crippen LogP contribution < -0.4 is 15.5 Å². The molecule has 0 atom stereocenters. The average Bonchev–Trinajstić information content (AvgIpc) is 3.21. The van der Waals surface area contributed by atoms with Gasteiger partial charge in [0, 0.05) is 25.8 Å². The number of hydrogen-bond donors (Lipinski definition) is 3. The maximum atomic E-state index is 10.1. The molecule has 0 bridgehead atoms. The number of nitrogens with one attached hydrogen (secondary N) is 1. The van der Waals surface area contributed by atoms with Crippen LogP contribution in [0.2, 0.25) is 0 Å².